The SMILES string of the molecule is Cc1cc(NC(=O)N2CCCC2C(=O)NCc2ccco2)ccc1F. The second-order valence-electron chi connectivity index (χ2n) is 6.04. The largest absolute Gasteiger partial charge is 0.467 e. The smallest absolute Gasteiger partial charge is 0.322 e. The first kappa shape index (κ1) is 17.0. The van der Waals surface area contributed by atoms with Crippen molar-refractivity contribution in [1.29, 1.82) is 0 Å². The molecule has 2 N–H and O–H groups in total. The molecular weight excluding hydrogens is 325 g/mol. The Kier molecular flexibility index (Phi) is 5.02. The van der Waals surface area contributed by atoms with Crippen LogP contribution in [0.2, 0.25) is 0 Å². The molecule has 1 aromatic heterocycles. The second-order valence-corrected chi connectivity index (χ2v) is 6.04. The van der Waals surface area contributed by atoms with Gasteiger partial charge in [-0.3, -0.25) is 4.79 Å². The van der Waals surface area contributed by atoms with Gasteiger partial charge in [0, 0.05) is 12.2 Å². The molecule has 25 heavy (non-hydrogen) atoms. The normalized spacial score (nSPS) is 16.7. The standard InChI is InChI=1S/C18H20FN3O3/c1-12-10-13(6-7-15(12)19)21-18(24)22-8-2-5-16(22)17(23)20-11-14-4-3-9-25-14/h3-4,6-7,9-10,16H,2,5,8,11H2,1H3,(H,20,23)(H,21,24). The van der Waals surface area contributed by atoms with Crippen LogP contribution in [-0.2, 0) is 11.3 Å². The lowest BCUT2D eigenvalue weighted by Gasteiger charge is -2.24. The predicted molar refractivity (Wildman–Crippen MR) is 90.4 cm³/mol. The highest BCUT2D eigenvalue weighted by Crippen LogP contribution is 2.20. The Morgan fingerprint density at radius 1 is 1.36 bits per heavy atom. The second kappa shape index (κ2) is 7.38. The highest BCUT2D eigenvalue weighted by molar-refractivity contribution is 5.94. The number of rotatable bonds is 4. The van der Waals surface area contributed by atoms with Crippen LogP contribution in [0.5, 0.6) is 0 Å². The minimum absolute atomic E-state index is 0.209. The van der Waals surface area contributed by atoms with Crippen LogP contribution in [-0.4, -0.2) is 29.4 Å². The third-order valence-electron chi connectivity index (χ3n) is 4.24. The number of halogens is 1. The molecule has 1 saturated heterocycles. The average Bonchev–Trinajstić information content (AvgIpc) is 3.27. The van der Waals surface area contributed by atoms with E-state index in [1.807, 2.05) is 0 Å². The van der Waals surface area contributed by atoms with Crippen LogP contribution in [0.3, 0.4) is 0 Å². The number of aryl methyl sites for hydroxylation is 1. The number of carbonyl (C=O) groups is 2. The van der Waals surface area contributed by atoms with Crippen LogP contribution in [0, 0.1) is 12.7 Å². The van der Waals surface area contributed by atoms with Gasteiger partial charge in [0.1, 0.15) is 17.6 Å². The fraction of sp³-hybridized carbons (Fsp3) is 0.333. The number of benzene rings is 1. The first-order chi connectivity index (χ1) is 12.0. The Labute approximate surface area is 145 Å². The van der Waals surface area contributed by atoms with Gasteiger partial charge in [0.05, 0.1) is 12.8 Å². The topological polar surface area (TPSA) is 74.6 Å². The summed E-state index contributed by atoms with van der Waals surface area (Å²) in [5.41, 5.74) is 0.956. The number of nitrogens with zero attached hydrogens (tertiary/aromatic N) is 1. The van der Waals surface area contributed by atoms with Crippen molar-refractivity contribution in [1.82, 2.24) is 10.2 Å². The van der Waals surface area contributed by atoms with Gasteiger partial charge in [0.25, 0.3) is 0 Å². The molecule has 0 radical (unpaired) electrons. The van der Waals surface area contributed by atoms with Gasteiger partial charge in [-0.1, -0.05) is 0 Å². The van der Waals surface area contributed by atoms with Crippen molar-refractivity contribution in [2.24, 2.45) is 0 Å². The number of hydrogen-bond donors (Lipinski definition) is 2. The molecule has 2 heterocycles. The molecular formula is C18H20FN3O3. The molecule has 3 amide bonds. The summed E-state index contributed by atoms with van der Waals surface area (Å²) in [6.45, 7) is 2.42. The minimum atomic E-state index is -0.517. The van der Waals surface area contributed by atoms with Gasteiger partial charge in [-0.25, -0.2) is 9.18 Å². The monoisotopic (exact) mass is 345 g/mol. The Hall–Kier alpha value is -2.83. The molecule has 1 aliphatic heterocycles. The molecule has 0 bridgehead atoms. The first-order valence-electron chi connectivity index (χ1n) is 8.18. The molecule has 1 unspecified atom stereocenters. The third kappa shape index (κ3) is 3.99. The molecule has 7 heteroatoms. The van der Waals surface area contributed by atoms with Crippen LogP contribution < -0.4 is 10.6 Å². The quantitative estimate of drug-likeness (QED) is 0.894. The van der Waals surface area contributed by atoms with E-state index in [-0.39, 0.29) is 24.3 Å². The first-order valence-corrected chi connectivity index (χ1v) is 8.18. The van der Waals surface area contributed by atoms with Crippen molar-refractivity contribution in [3.8, 4) is 0 Å². The molecule has 0 saturated carbocycles. The highest BCUT2D eigenvalue weighted by Gasteiger charge is 2.34. The van der Waals surface area contributed by atoms with E-state index in [0.29, 0.717) is 30.0 Å². The van der Waals surface area contributed by atoms with Crippen LogP contribution in [0.25, 0.3) is 0 Å². The number of hydrogen-bond acceptors (Lipinski definition) is 3. The zero-order chi connectivity index (χ0) is 17.8. The minimum Gasteiger partial charge on any atom is -0.467 e. The number of likely N-dealkylation sites (tertiary alicyclic amines) is 1. The van der Waals surface area contributed by atoms with Crippen LogP contribution in [0.15, 0.2) is 41.0 Å². The fourth-order valence-electron chi connectivity index (χ4n) is 2.91. The van der Waals surface area contributed by atoms with Crippen molar-refractivity contribution in [3.63, 3.8) is 0 Å². The third-order valence-corrected chi connectivity index (χ3v) is 4.24. The number of carbonyl (C=O) groups excluding carboxylic acids is 2. The van der Waals surface area contributed by atoms with Gasteiger partial charge in [-0.2, -0.15) is 0 Å². The number of amides is 3. The fourth-order valence-corrected chi connectivity index (χ4v) is 2.91. The molecule has 3 rings (SSSR count). The average molecular weight is 345 g/mol. The molecule has 132 valence electrons. The summed E-state index contributed by atoms with van der Waals surface area (Å²) in [6, 6.07) is 7.02. The molecule has 1 aliphatic rings. The summed E-state index contributed by atoms with van der Waals surface area (Å²) in [5, 5.41) is 5.52. The van der Waals surface area contributed by atoms with E-state index in [2.05, 4.69) is 10.6 Å². The van der Waals surface area contributed by atoms with Gasteiger partial charge < -0.3 is 20.0 Å². The van der Waals surface area contributed by atoms with E-state index in [1.165, 1.54) is 17.0 Å². The Bertz CT molecular complexity index is 761. The number of nitrogens with one attached hydrogen (secondary N) is 2. The maximum Gasteiger partial charge on any atom is 0.322 e. The zero-order valence-corrected chi connectivity index (χ0v) is 13.9. The van der Waals surface area contributed by atoms with Crippen molar-refractivity contribution in [2.75, 3.05) is 11.9 Å². The van der Waals surface area contributed by atoms with Gasteiger partial charge in [-0.05, 0) is 55.7 Å². The number of anilines is 1. The molecule has 1 fully saturated rings. The molecule has 0 spiro atoms. The lowest BCUT2D eigenvalue weighted by Crippen LogP contribution is -2.47. The Morgan fingerprint density at radius 3 is 2.92 bits per heavy atom. The summed E-state index contributed by atoms with van der Waals surface area (Å²) in [5.74, 6) is 0.123. The van der Waals surface area contributed by atoms with Crippen molar-refractivity contribution in [2.45, 2.75) is 32.4 Å². The van der Waals surface area contributed by atoms with Crippen LogP contribution in [0.1, 0.15) is 24.2 Å². The molecule has 1 aromatic carbocycles. The van der Waals surface area contributed by atoms with E-state index in [0.717, 1.165) is 6.42 Å². The molecule has 6 nitrogen and oxygen atoms in total. The van der Waals surface area contributed by atoms with E-state index in [4.69, 9.17) is 4.42 Å². The summed E-state index contributed by atoms with van der Waals surface area (Å²) < 4.78 is 18.5. The van der Waals surface area contributed by atoms with E-state index < -0.39 is 6.04 Å². The van der Waals surface area contributed by atoms with E-state index >= 15 is 0 Å². The molecule has 1 atom stereocenters. The maximum absolute atomic E-state index is 13.3. The number of urea groups is 1. The highest BCUT2D eigenvalue weighted by atomic mass is 19.1. The molecule has 2 aromatic rings. The van der Waals surface area contributed by atoms with Crippen LogP contribution in [0.4, 0.5) is 14.9 Å². The molecule has 0 aliphatic carbocycles. The zero-order valence-electron chi connectivity index (χ0n) is 13.9. The lowest BCUT2D eigenvalue weighted by atomic mass is 10.2. The summed E-state index contributed by atoms with van der Waals surface area (Å²) >= 11 is 0. The van der Waals surface area contributed by atoms with Gasteiger partial charge in [-0.15, -0.1) is 0 Å². The number of furan rings is 1. The van der Waals surface area contributed by atoms with Crippen molar-refractivity contribution >= 4 is 17.6 Å². The summed E-state index contributed by atoms with van der Waals surface area (Å²) in [7, 11) is 0. The Balaban J connectivity index is 1.60. The van der Waals surface area contributed by atoms with Gasteiger partial charge >= 0.3 is 6.03 Å². The predicted octanol–water partition coefficient (Wildman–Crippen LogP) is 3.04. The summed E-state index contributed by atoms with van der Waals surface area (Å²) in [6.07, 6.45) is 2.91. The summed E-state index contributed by atoms with van der Waals surface area (Å²) in [4.78, 5) is 26.4. The lowest BCUT2D eigenvalue weighted by molar-refractivity contribution is -0.124. The van der Waals surface area contributed by atoms with Crippen molar-refractivity contribution in [3.05, 3.63) is 53.7 Å². The van der Waals surface area contributed by atoms with Crippen LogP contribution >= 0.6 is 0 Å². The Morgan fingerprint density at radius 2 is 2.20 bits per heavy atom. The van der Waals surface area contributed by atoms with Gasteiger partial charge in [0.2, 0.25) is 5.91 Å². The van der Waals surface area contributed by atoms with E-state index in [1.54, 1.807) is 31.4 Å². The maximum atomic E-state index is 13.3. The van der Waals surface area contributed by atoms with E-state index in [9.17, 15) is 14.0 Å². The van der Waals surface area contributed by atoms with Gasteiger partial charge in [0.15, 0.2) is 0 Å². The van der Waals surface area contributed by atoms with Crippen molar-refractivity contribution < 1.29 is 18.4 Å².